The van der Waals surface area contributed by atoms with Gasteiger partial charge in [0.2, 0.25) is 0 Å². The lowest BCUT2D eigenvalue weighted by molar-refractivity contribution is 0.129. The Hall–Kier alpha value is -0.170. The monoisotopic (exact) mass is 250 g/mol. The van der Waals surface area contributed by atoms with Gasteiger partial charge in [-0.1, -0.05) is 6.42 Å². The average molecular weight is 250 g/mol. The van der Waals surface area contributed by atoms with Crippen LogP contribution < -0.4 is 0 Å². The second kappa shape index (κ2) is 5.44. The average Bonchev–Trinajstić information content (AvgIpc) is 2.17. The molecule has 1 fully saturated rings. The summed E-state index contributed by atoms with van der Waals surface area (Å²) in [4.78, 5) is 0. The van der Waals surface area contributed by atoms with Crippen LogP contribution in [0.25, 0.3) is 0 Å². The van der Waals surface area contributed by atoms with Crippen molar-refractivity contribution in [2.24, 2.45) is 0 Å². The fraction of sp³-hybridized carbons (Fsp3) is 1.00. The van der Waals surface area contributed by atoms with E-state index in [-0.39, 0.29) is 6.04 Å². The maximum absolute atomic E-state index is 12.0. The summed E-state index contributed by atoms with van der Waals surface area (Å²) in [5, 5.41) is 9.39. The van der Waals surface area contributed by atoms with Gasteiger partial charge in [0.25, 0.3) is 10.2 Å². The minimum absolute atomic E-state index is 0.0545. The molecule has 6 heteroatoms. The standard InChI is InChI=1S/C10H22N2O3S/c1-9(13)8-10-6-4-5-7-12(10)16(14,15)11(2)3/h9-10,13H,4-8H2,1-3H3. The van der Waals surface area contributed by atoms with Crippen LogP contribution in [0, 0.1) is 0 Å². The Balaban J connectivity index is 2.82. The van der Waals surface area contributed by atoms with Crippen molar-refractivity contribution in [3.63, 3.8) is 0 Å². The molecule has 0 aromatic rings. The van der Waals surface area contributed by atoms with Gasteiger partial charge in [0, 0.05) is 26.7 Å². The molecule has 1 aliphatic heterocycles. The Labute approximate surface area is 98.2 Å². The molecule has 0 radical (unpaired) electrons. The maximum Gasteiger partial charge on any atom is 0.281 e. The van der Waals surface area contributed by atoms with Crippen molar-refractivity contribution in [3.05, 3.63) is 0 Å². The van der Waals surface area contributed by atoms with Crippen LogP contribution in [0.2, 0.25) is 0 Å². The predicted molar refractivity (Wildman–Crippen MR) is 63.2 cm³/mol. The molecule has 0 aromatic heterocycles. The van der Waals surface area contributed by atoms with Crippen LogP contribution in [0.4, 0.5) is 0 Å². The lowest BCUT2D eigenvalue weighted by Gasteiger charge is -2.36. The summed E-state index contributed by atoms with van der Waals surface area (Å²) in [5.41, 5.74) is 0. The predicted octanol–water partition coefficient (Wildman–Crippen LogP) is 0.418. The molecule has 2 unspecified atom stereocenters. The lowest BCUT2D eigenvalue weighted by atomic mass is 10.00. The molecule has 0 aromatic carbocycles. The molecule has 1 heterocycles. The van der Waals surface area contributed by atoms with Crippen LogP contribution in [0.3, 0.4) is 0 Å². The van der Waals surface area contributed by atoms with E-state index < -0.39 is 16.3 Å². The highest BCUT2D eigenvalue weighted by atomic mass is 32.2. The smallest absolute Gasteiger partial charge is 0.281 e. The van der Waals surface area contributed by atoms with Crippen LogP contribution in [0.15, 0.2) is 0 Å². The van der Waals surface area contributed by atoms with E-state index in [0.717, 1.165) is 19.3 Å². The highest BCUT2D eigenvalue weighted by Crippen LogP contribution is 2.24. The van der Waals surface area contributed by atoms with Gasteiger partial charge in [-0.3, -0.25) is 0 Å². The van der Waals surface area contributed by atoms with Gasteiger partial charge >= 0.3 is 0 Å². The molecule has 1 saturated heterocycles. The molecule has 1 aliphatic rings. The highest BCUT2D eigenvalue weighted by molar-refractivity contribution is 7.86. The zero-order valence-electron chi connectivity index (χ0n) is 10.3. The van der Waals surface area contributed by atoms with E-state index in [1.165, 1.54) is 8.61 Å². The molecule has 0 bridgehead atoms. The first-order chi connectivity index (χ1) is 7.35. The van der Waals surface area contributed by atoms with E-state index in [9.17, 15) is 13.5 Å². The first-order valence-corrected chi connectivity index (χ1v) is 7.12. The number of hydrogen-bond acceptors (Lipinski definition) is 3. The van der Waals surface area contributed by atoms with E-state index in [1.54, 1.807) is 21.0 Å². The summed E-state index contributed by atoms with van der Waals surface area (Å²) in [7, 11) is -0.249. The van der Waals surface area contributed by atoms with Gasteiger partial charge in [0.1, 0.15) is 0 Å². The molecule has 0 saturated carbocycles. The molecule has 0 amide bonds. The zero-order chi connectivity index (χ0) is 12.3. The SMILES string of the molecule is CC(O)CC1CCCCN1S(=O)(=O)N(C)C. The molecular weight excluding hydrogens is 228 g/mol. The molecule has 0 aliphatic carbocycles. The molecular formula is C10H22N2O3S. The van der Waals surface area contributed by atoms with Crippen molar-refractivity contribution in [1.29, 1.82) is 0 Å². The van der Waals surface area contributed by atoms with Gasteiger partial charge in [0.05, 0.1) is 6.10 Å². The molecule has 1 N–H and O–H groups in total. The molecule has 0 spiro atoms. The van der Waals surface area contributed by atoms with Gasteiger partial charge < -0.3 is 5.11 Å². The third-order valence-corrected chi connectivity index (χ3v) is 4.94. The summed E-state index contributed by atoms with van der Waals surface area (Å²) in [5.74, 6) is 0. The summed E-state index contributed by atoms with van der Waals surface area (Å²) < 4.78 is 26.9. The minimum atomic E-state index is -3.34. The lowest BCUT2D eigenvalue weighted by Crippen LogP contribution is -2.49. The first kappa shape index (κ1) is 13.9. The van der Waals surface area contributed by atoms with E-state index in [2.05, 4.69) is 0 Å². The fourth-order valence-corrected chi connectivity index (χ4v) is 3.46. The molecule has 2 atom stereocenters. The fourth-order valence-electron chi connectivity index (χ4n) is 2.12. The molecule has 1 rings (SSSR count). The van der Waals surface area contributed by atoms with Gasteiger partial charge in [-0.05, 0) is 26.2 Å². The number of nitrogens with zero attached hydrogens (tertiary/aromatic N) is 2. The van der Waals surface area contributed by atoms with E-state index in [4.69, 9.17) is 0 Å². The van der Waals surface area contributed by atoms with E-state index in [1.807, 2.05) is 0 Å². The van der Waals surface area contributed by atoms with Gasteiger partial charge in [0.15, 0.2) is 0 Å². The largest absolute Gasteiger partial charge is 0.393 e. The summed E-state index contributed by atoms with van der Waals surface area (Å²) >= 11 is 0. The van der Waals surface area contributed by atoms with Crippen molar-refractivity contribution in [2.75, 3.05) is 20.6 Å². The summed E-state index contributed by atoms with van der Waals surface area (Å²) in [6, 6.07) is -0.0545. The Morgan fingerprint density at radius 3 is 2.56 bits per heavy atom. The second-order valence-corrected chi connectivity index (χ2v) is 6.73. The third-order valence-electron chi connectivity index (χ3n) is 2.94. The van der Waals surface area contributed by atoms with Crippen molar-refractivity contribution in [2.45, 2.75) is 44.8 Å². The topological polar surface area (TPSA) is 60.9 Å². The summed E-state index contributed by atoms with van der Waals surface area (Å²) in [6.45, 7) is 2.27. The third kappa shape index (κ3) is 3.16. The van der Waals surface area contributed by atoms with Crippen molar-refractivity contribution in [3.8, 4) is 0 Å². The van der Waals surface area contributed by atoms with E-state index in [0.29, 0.717) is 13.0 Å². The number of hydrogen-bond donors (Lipinski definition) is 1. The quantitative estimate of drug-likeness (QED) is 0.786. The number of rotatable bonds is 4. The Bertz CT molecular complexity index is 314. The first-order valence-electron chi connectivity index (χ1n) is 5.73. The second-order valence-electron chi connectivity index (χ2n) is 4.64. The zero-order valence-corrected chi connectivity index (χ0v) is 11.1. The Morgan fingerprint density at radius 1 is 1.44 bits per heavy atom. The Kier molecular flexibility index (Phi) is 4.73. The Morgan fingerprint density at radius 2 is 2.06 bits per heavy atom. The normalized spacial score (nSPS) is 25.9. The van der Waals surface area contributed by atoms with Crippen LogP contribution >= 0.6 is 0 Å². The van der Waals surface area contributed by atoms with Crippen LogP contribution in [0.1, 0.15) is 32.6 Å². The number of piperidine rings is 1. The molecule has 96 valence electrons. The van der Waals surface area contributed by atoms with Crippen molar-refractivity contribution >= 4 is 10.2 Å². The van der Waals surface area contributed by atoms with Crippen molar-refractivity contribution in [1.82, 2.24) is 8.61 Å². The van der Waals surface area contributed by atoms with Gasteiger partial charge in [-0.15, -0.1) is 0 Å². The summed E-state index contributed by atoms with van der Waals surface area (Å²) in [6.07, 6.45) is 2.86. The molecule has 16 heavy (non-hydrogen) atoms. The van der Waals surface area contributed by atoms with Crippen LogP contribution in [0.5, 0.6) is 0 Å². The maximum atomic E-state index is 12.0. The number of aliphatic hydroxyl groups excluding tert-OH is 1. The van der Waals surface area contributed by atoms with Gasteiger partial charge in [-0.2, -0.15) is 17.0 Å². The molecule has 5 nitrogen and oxygen atoms in total. The van der Waals surface area contributed by atoms with E-state index >= 15 is 0 Å². The minimum Gasteiger partial charge on any atom is -0.393 e. The van der Waals surface area contributed by atoms with Crippen LogP contribution in [-0.2, 0) is 10.2 Å². The number of aliphatic hydroxyl groups is 1. The van der Waals surface area contributed by atoms with Crippen molar-refractivity contribution < 1.29 is 13.5 Å². The van der Waals surface area contributed by atoms with Gasteiger partial charge in [-0.25, -0.2) is 0 Å². The highest BCUT2D eigenvalue weighted by Gasteiger charge is 2.33. The van der Waals surface area contributed by atoms with Crippen LogP contribution in [-0.4, -0.2) is 54.9 Å².